The van der Waals surface area contributed by atoms with Crippen molar-refractivity contribution in [3.05, 3.63) is 52.3 Å². The van der Waals surface area contributed by atoms with E-state index in [2.05, 4.69) is 19.9 Å². The van der Waals surface area contributed by atoms with Crippen molar-refractivity contribution in [2.45, 2.75) is 26.4 Å². The van der Waals surface area contributed by atoms with Crippen LogP contribution in [0.2, 0.25) is 5.02 Å². The number of fused-ring (bicyclic) bond motifs is 1. The zero-order chi connectivity index (χ0) is 13.2. The van der Waals surface area contributed by atoms with E-state index in [4.69, 9.17) is 11.6 Å². The van der Waals surface area contributed by atoms with Crippen molar-refractivity contribution in [3.63, 3.8) is 0 Å². The van der Waals surface area contributed by atoms with E-state index in [9.17, 15) is 0 Å². The first-order valence-corrected chi connectivity index (χ1v) is 6.72. The molecule has 2 aromatic rings. The normalized spacial score (nSPS) is 15.3. The average Bonchev–Trinajstić information content (AvgIpc) is 2.39. The lowest BCUT2D eigenvalue weighted by Crippen LogP contribution is -2.31. The van der Waals surface area contributed by atoms with Gasteiger partial charge in [0.15, 0.2) is 0 Å². The molecule has 0 bridgehead atoms. The van der Waals surface area contributed by atoms with Crippen molar-refractivity contribution < 1.29 is 0 Å². The Balaban J connectivity index is 1.74. The Labute approximate surface area is 117 Å². The molecule has 0 radical (unpaired) electrons. The van der Waals surface area contributed by atoms with Gasteiger partial charge in [0.2, 0.25) is 0 Å². The second kappa shape index (κ2) is 5.23. The number of pyridine rings is 1. The van der Waals surface area contributed by atoms with Crippen molar-refractivity contribution in [1.29, 1.82) is 0 Å². The maximum Gasteiger partial charge on any atom is 0.125 e. The first-order chi connectivity index (χ1) is 9.20. The molecule has 1 aliphatic heterocycles. The molecule has 0 aliphatic carbocycles. The predicted molar refractivity (Wildman–Crippen MR) is 73.8 cm³/mol. The molecule has 98 valence electrons. The molecule has 0 amide bonds. The molecule has 3 heterocycles. The number of hydrogen-bond acceptors (Lipinski definition) is 4. The van der Waals surface area contributed by atoms with Gasteiger partial charge in [-0.2, -0.15) is 0 Å². The number of aromatic nitrogens is 3. The lowest BCUT2D eigenvalue weighted by molar-refractivity contribution is 0.242. The van der Waals surface area contributed by atoms with Gasteiger partial charge in [-0.05, 0) is 18.6 Å². The smallest absolute Gasteiger partial charge is 0.125 e. The van der Waals surface area contributed by atoms with E-state index < -0.39 is 0 Å². The molecule has 4 nitrogen and oxygen atoms in total. The first-order valence-electron chi connectivity index (χ1n) is 6.34. The SMILES string of the molecule is Cc1ncc2c(n1)CCN(Cc1cncc(Cl)c1)C2. The summed E-state index contributed by atoms with van der Waals surface area (Å²) in [6.07, 6.45) is 6.45. The average molecular weight is 275 g/mol. The highest BCUT2D eigenvalue weighted by Gasteiger charge is 2.18. The van der Waals surface area contributed by atoms with Crippen LogP contribution < -0.4 is 0 Å². The van der Waals surface area contributed by atoms with Gasteiger partial charge in [0, 0.05) is 55.9 Å². The second-order valence-electron chi connectivity index (χ2n) is 4.86. The Hall–Kier alpha value is -1.52. The van der Waals surface area contributed by atoms with Crippen molar-refractivity contribution in [2.24, 2.45) is 0 Å². The Bertz CT molecular complexity index is 600. The first kappa shape index (κ1) is 12.5. The molecular formula is C14H15ClN4. The highest BCUT2D eigenvalue weighted by Crippen LogP contribution is 2.19. The number of aryl methyl sites for hydroxylation is 1. The van der Waals surface area contributed by atoms with Crippen LogP contribution in [-0.4, -0.2) is 26.4 Å². The van der Waals surface area contributed by atoms with Crippen molar-refractivity contribution in [1.82, 2.24) is 19.9 Å². The quantitative estimate of drug-likeness (QED) is 0.843. The van der Waals surface area contributed by atoms with Crippen LogP contribution in [-0.2, 0) is 19.5 Å². The number of halogens is 1. The summed E-state index contributed by atoms with van der Waals surface area (Å²) in [5.41, 5.74) is 3.56. The highest BCUT2D eigenvalue weighted by molar-refractivity contribution is 6.30. The predicted octanol–water partition coefficient (Wildman–Crippen LogP) is 2.39. The van der Waals surface area contributed by atoms with Crippen LogP contribution in [0.4, 0.5) is 0 Å². The van der Waals surface area contributed by atoms with Gasteiger partial charge in [0.1, 0.15) is 5.82 Å². The van der Waals surface area contributed by atoms with Crippen LogP contribution in [0.25, 0.3) is 0 Å². The van der Waals surface area contributed by atoms with Crippen LogP contribution in [0, 0.1) is 6.92 Å². The number of hydrogen-bond donors (Lipinski definition) is 0. The van der Waals surface area contributed by atoms with E-state index in [1.165, 1.54) is 11.3 Å². The van der Waals surface area contributed by atoms with Crippen molar-refractivity contribution in [3.8, 4) is 0 Å². The van der Waals surface area contributed by atoms with E-state index in [1.807, 2.05) is 25.4 Å². The molecule has 0 unspecified atom stereocenters. The maximum atomic E-state index is 5.96. The molecule has 3 rings (SSSR count). The summed E-state index contributed by atoms with van der Waals surface area (Å²) in [4.78, 5) is 15.3. The summed E-state index contributed by atoms with van der Waals surface area (Å²) >= 11 is 5.96. The number of rotatable bonds is 2. The van der Waals surface area contributed by atoms with Crippen molar-refractivity contribution in [2.75, 3.05) is 6.54 Å². The third-order valence-corrected chi connectivity index (χ3v) is 3.51. The second-order valence-corrected chi connectivity index (χ2v) is 5.30. The summed E-state index contributed by atoms with van der Waals surface area (Å²) in [7, 11) is 0. The van der Waals surface area contributed by atoms with Gasteiger partial charge in [-0.25, -0.2) is 9.97 Å². The van der Waals surface area contributed by atoms with Gasteiger partial charge < -0.3 is 0 Å². The van der Waals surface area contributed by atoms with Gasteiger partial charge in [-0.1, -0.05) is 11.6 Å². The molecular weight excluding hydrogens is 260 g/mol. The molecule has 1 aliphatic rings. The lowest BCUT2D eigenvalue weighted by Gasteiger charge is -2.27. The van der Waals surface area contributed by atoms with Gasteiger partial charge in [-0.3, -0.25) is 9.88 Å². The molecule has 2 aromatic heterocycles. The summed E-state index contributed by atoms with van der Waals surface area (Å²) in [6.45, 7) is 4.70. The molecule has 0 atom stereocenters. The van der Waals surface area contributed by atoms with Crippen LogP contribution >= 0.6 is 11.6 Å². The molecule has 19 heavy (non-hydrogen) atoms. The summed E-state index contributed by atoms with van der Waals surface area (Å²) in [6, 6.07) is 1.97. The van der Waals surface area contributed by atoms with E-state index >= 15 is 0 Å². The third-order valence-electron chi connectivity index (χ3n) is 3.30. The highest BCUT2D eigenvalue weighted by atomic mass is 35.5. The maximum absolute atomic E-state index is 5.96. The monoisotopic (exact) mass is 274 g/mol. The van der Waals surface area contributed by atoms with Crippen LogP contribution in [0.3, 0.4) is 0 Å². The largest absolute Gasteiger partial charge is 0.294 e. The van der Waals surface area contributed by atoms with E-state index in [0.717, 1.165) is 37.4 Å². The van der Waals surface area contributed by atoms with Gasteiger partial charge in [0.05, 0.1) is 5.02 Å². The molecule has 5 heteroatoms. The Morgan fingerprint density at radius 3 is 3.05 bits per heavy atom. The summed E-state index contributed by atoms with van der Waals surface area (Å²) in [5, 5.41) is 0.689. The molecule has 0 saturated carbocycles. The minimum Gasteiger partial charge on any atom is -0.294 e. The fourth-order valence-corrected chi connectivity index (χ4v) is 2.61. The van der Waals surface area contributed by atoms with E-state index in [-0.39, 0.29) is 0 Å². The molecule has 0 saturated heterocycles. The Morgan fingerprint density at radius 1 is 1.32 bits per heavy atom. The van der Waals surface area contributed by atoms with E-state index in [0.29, 0.717) is 5.02 Å². The zero-order valence-electron chi connectivity index (χ0n) is 10.8. The van der Waals surface area contributed by atoms with E-state index in [1.54, 1.807) is 6.20 Å². The molecule has 0 spiro atoms. The van der Waals surface area contributed by atoms with Gasteiger partial charge in [-0.15, -0.1) is 0 Å². The zero-order valence-corrected chi connectivity index (χ0v) is 11.6. The van der Waals surface area contributed by atoms with Crippen molar-refractivity contribution >= 4 is 11.6 Å². The Morgan fingerprint density at radius 2 is 2.21 bits per heavy atom. The van der Waals surface area contributed by atoms with Gasteiger partial charge in [0.25, 0.3) is 0 Å². The van der Waals surface area contributed by atoms with Crippen LogP contribution in [0.1, 0.15) is 22.6 Å². The molecule has 0 N–H and O–H groups in total. The van der Waals surface area contributed by atoms with Crippen LogP contribution in [0.15, 0.2) is 24.7 Å². The fraction of sp³-hybridized carbons (Fsp3) is 0.357. The number of nitrogens with zero attached hydrogens (tertiary/aromatic N) is 4. The minimum atomic E-state index is 0.689. The third kappa shape index (κ3) is 2.91. The minimum absolute atomic E-state index is 0.689. The topological polar surface area (TPSA) is 41.9 Å². The molecule has 0 fully saturated rings. The summed E-state index contributed by atoms with van der Waals surface area (Å²) < 4.78 is 0. The standard InChI is InChI=1S/C14H15ClN4/c1-10-17-6-12-9-19(3-2-14(12)18-10)8-11-4-13(15)7-16-5-11/h4-7H,2-3,8-9H2,1H3. The van der Waals surface area contributed by atoms with Crippen LogP contribution in [0.5, 0.6) is 0 Å². The summed E-state index contributed by atoms with van der Waals surface area (Å²) in [5.74, 6) is 0.853. The Kier molecular flexibility index (Phi) is 3.44. The fourth-order valence-electron chi connectivity index (χ4n) is 2.41. The van der Waals surface area contributed by atoms with Gasteiger partial charge >= 0.3 is 0 Å². The molecule has 0 aromatic carbocycles. The lowest BCUT2D eigenvalue weighted by atomic mass is 10.1.